The summed E-state index contributed by atoms with van der Waals surface area (Å²) >= 11 is 0. The van der Waals surface area contributed by atoms with Crippen LogP contribution in [0.25, 0.3) is 11.4 Å². The fourth-order valence-electron chi connectivity index (χ4n) is 4.85. The van der Waals surface area contributed by atoms with Crippen LogP contribution in [0.5, 0.6) is 0 Å². The summed E-state index contributed by atoms with van der Waals surface area (Å²) in [7, 11) is 0. The van der Waals surface area contributed by atoms with Gasteiger partial charge in [0.15, 0.2) is 5.82 Å². The Balaban J connectivity index is 1.41. The minimum absolute atomic E-state index is 0.207. The van der Waals surface area contributed by atoms with Crippen LogP contribution in [-0.2, 0) is 17.6 Å². The number of hydrogen-bond donors (Lipinski definition) is 4. The zero-order chi connectivity index (χ0) is 19.1. The zero-order valence-corrected chi connectivity index (χ0v) is 15.7. The van der Waals surface area contributed by atoms with E-state index >= 15 is 0 Å². The first-order chi connectivity index (χ1) is 13.7. The number of fused-ring (bicyclic) bond motifs is 2. The fraction of sp³-hybridized carbons (Fsp3) is 0.500. The molecule has 3 heterocycles. The topological polar surface area (TPSA) is 118 Å². The van der Waals surface area contributed by atoms with E-state index in [-0.39, 0.29) is 23.9 Å². The molecule has 4 atom stereocenters. The largest absolute Gasteiger partial charge is 0.368 e. The lowest BCUT2D eigenvalue weighted by molar-refractivity contribution is -0.120. The fourth-order valence-corrected chi connectivity index (χ4v) is 4.85. The molecular weight excluding hydrogens is 354 g/mol. The van der Waals surface area contributed by atoms with Gasteiger partial charge in [0.25, 0.3) is 0 Å². The molecule has 5 N–H and O–H groups in total. The van der Waals surface area contributed by atoms with Gasteiger partial charge in [0, 0.05) is 47.2 Å². The summed E-state index contributed by atoms with van der Waals surface area (Å²) in [6.45, 7) is 0. The maximum Gasteiger partial charge on any atom is 0.236 e. The van der Waals surface area contributed by atoms with Gasteiger partial charge in [-0.15, -0.1) is 0 Å². The Kier molecular flexibility index (Phi) is 4.44. The molecular formula is C20H25N7O. The number of nitrogens with two attached hydrogens (primary N) is 1. The van der Waals surface area contributed by atoms with E-state index in [1.54, 1.807) is 12.4 Å². The lowest BCUT2D eigenvalue weighted by Crippen LogP contribution is -2.44. The Bertz CT molecular complexity index is 888. The Labute approximate surface area is 163 Å². The van der Waals surface area contributed by atoms with E-state index in [1.165, 1.54) is 5.56 Å². The van der Waals surface area contributed by atoms with Gasteiger partial charge in [-0.3, -0.25) is 15.2 Å². The van der Waals surface area contributed by atoms with Crippen molar-refractivity contribution < 1.29 is 4.79 Å². The molecule has 0 radical (unpaired) electrons. The van der Waals surface area contributed by atoms with Crippen LogP contribution in [0.3, 0.4) is 0 Å². The molecule has 3 aliphatic rings. The van der Waals surface area contributed by atoms with E-state index in [0.717, 1.165) is 61.4 Å². The van der Waals surface area contributed by atoms with Crippen molar-refractivity contribution >= 4 is 11.7 Å². The van der Waals surface area contributed by atoms with E-state index in [2.05, 4.69) is 21.2 Å². The van der Waals surface area contributed by atoms with E-state index in [1.807, 2.05) is 12.1 Å². The zero-order valence-electron chi connectivity index (χ0n) is 15.7. The highest BCUT2D eigenvalue weighted by Gasteiger charge is 2.43. The Morgan fingerprint density at radius 1 is 1.14 bits per heavy atom. The number of hydrazine groups is 1. The number of nitrogens with one attached hydrogen (secondary N) is 3. The number of rotatable bonds is 4. The van der Waals surface area contributed by atoms with Gasteiger partial charge in [0.05, 0.1) is 0 Å². The van der Waals surface area contributed by atoms with Crippen LogP contribution in [0.1, 0.15) is 36.9 Å². The van der Waals surface area contributed by atoms with Gasteiger partial charge in [-0.05, 0) is 50.7 Å². The SMILES string of the molecule is NC(=O)C1NNC2CCC(Nc3nc(-c4ccncc4)nc4c3CCC4)CC21. The molecule has 0 spiro atoms. The molecule has 1 aliphatic heterocycles. The van der Waals surface area contributed by atoms with Gasteiger partial charge in [-0.2, -0.15) is 0 Å². The van der Waals surface area contributed by atoms with Gasteiger partial charge in [-0.1, -0.05) is 0 Å². The first kappa shape index (κ1) is 17.5. The summed E-state index contributed by atoms with van der Waals surface area (Å²) < 4.78 is 0. The van der Waals surface area contributed by atoms with E-state index in [9.17, 15) is 4.79 Å². The summed E-state index contributed by atoms with van der Waals surface area (Å²) in [5, 5.41) is 3.69. The second-order valence-corrected chi connectivity index (χ2v) is 8.00. The Morgan fingerprint density at radius 2 is 2.00 bits per heavy atom. The van der Waals surface area contributed by atoms with Crippen molar-refractivity contribution in [2.75, 3.05) is 5.32 Å². The lowest BCUT2D eigenvalue weighted by atomic mass is 9.79. The molecule has 1 amide bonds. The predicted octanol–water partition coefficient (Wildman–Crippen LogP) is 0.938. The van der Waals surface area contributed by atoms with Crippen molar-refractivity contribution in [1.29, 1.82) is 0 Å². The molecule has 1 saturated carbocycles. The lowest BCUT2D eigenvalue weighted by Gasteiger charge is -2.33. The van der Waals surface area contributed by atoms with Crippen molar-refractivity contribution in [1.82, 2.24) is 25.8 Å². The van der Waals surface area contributed by atoms with Crippen LogP contribution in [0.2, 0.25) is 0 Å². The van der Waals surface area contributed by atoms with Crippen molar-refractivity contribution in [2.24, 2.45) is 11.7 Å². The third kappa shape index (κ3) is 3.12. The van der Waals surface area contributed by atoms with Crippen LogP contribution in [-0.4, -0.2) is 39.0 Å². The molecule has 2 aromatic rings. The summed E-state index contributed by atoms with van der Waals surface area (Å²) in [6.07, 6.45) is 9.59. The number of carbonyl (C=O) groups excluding carboxylic acids is 1. The Hall–Kier alpha value is -2.58. The maximum absolute atomic E-state index is 11.7. The molecule has 0 aromatic carbocycles. The van der Waals surface area contributed by atoms with E-state index in [4.69, 9.17) is 15.7 Å². The van der Waals surface area contributed by atoms with Crippen molar-refractivity contribution in [3.63, 3.8) is 0 Å². The highest BCUT2D eigenvalue weighted by molar-refractivity contribution is 5.80. The smallest absolute Gasteiger partial charge is 0.236 e. The molecule has 8 nitrogen and oxygen atoms in total. The number of carbonyl (C=O) groups is 1. The number of nitrogens with zero attached hydrogens (tertiary/aromatic N) is 3. The number of amides is 1. The average molecular weight is 379 g/mol. The molecule has 28 heavy (non-hydrogen) atoms. The number of hydrogen-bond acceptors (Lipinski definition) is 7. The molecule has 2 fully saturated rings. The monoisotopic (exact) mass is 379 g/mol. The van der Waals surface area contributed by atoms with Crippen molar-refractivity contribution in [3.8, 4) is 11.4 Å². The van der Waals surface area contributed by atoms with Gasteiger partial charge >= 0.3 is 0 Å². The van der Waals surface area contributed by atoms with Crippen molar-refractivity contribution in [2.45, 2.75) is 56.7 Å². The molecule has 0 bridgehead atoms. The molecule has 8 heteroatoms. The van der Waals surface area contributed by atoms with Crippen molar-refractivity contribution in [3.05, 3.63) is 35.8 Å². The third-order valence-corrected chi connectivity index (χ3v) is 6.27. The van der Waals surface area contributed by atoms with Crippen LogP contribution in [0.4, 0.5) is 5.82 Å². The van der Waals surface area contributed by atoms with Crippen LogP contribution >= 0.6 is 0 Å². The maximum atomic E-state index is 11.7. The van der Waals surface area contributed by atoms with Crippen LogP contribution in [0, 0.1) is 5.92 Å². The van der Waals surface area contributed by atoms with E-state index < -0.39 is 0 Å². The van der Waals surface area contributed by atoms with Gasteiger partial charge in [0.1, 0.15) is 11.9 Å². The first-order valence-corrected chi connectivity index (χ1v) is 10.1. The molecule has 2 aromatic heterocycles. The summed E-state index contributed by atoms with van der Waals surface area (Å²) in [5.74, 6) is 1.62. The summed E-state index contributed by atoms with van der Waals surface area (Å²) in [5.41, 5.74) is 15.3. The second kappa shape index (κ2) is 7.10. The minimum atomic E-state index is -0.307. The summed E-state index contributed by atoms with van der Waals surface area (Å²) in [4.78, 5) is 25.5. The molecule has 146 valence electrons. The number of aryl methyl sites for hydroxylation is 1. The standard InChI is InChI=1S/C20H25N7O/c21-18(28)17-14-10-12(4-5-16(14)26-27-17)23-20-13-2-1-3-15(13)24-19(25-20)11-6-8-22-9-7-11/h6-9,12,14,16-17,26-27H,1-5,10H2,(H2,21,28)(H,23,24,25). The first-order valence-electron chi connectivity index (χ1n) is 10.1. The van der Waals surface area contributed by atoms with E-state index in [0.29, 0.717) is 6.04 Å². The van der Waals surface area contributed by atoms with Gasteiger partial charge < -0.3 is 11.1 Å². The molecule has 5 rings (SSSR count). The quantitative estimate of drug-likeness (QED) is 0.624. The normalized spacial score (nSPS) is 28.6. The summed E-state index contributed by atoms with van der Waals surface area (Å²) in [6, 6.07) is 4.16. The Morgan fingerprint density at radius 3 is 2.82 bits per heavy atom. The number of anilines is 1. The number of aromatic nitrogens is 3. The minimum Gasteiger partial charge on any atom is -0.368 e. The molecule has 1 saturated heterocycles. The number of primary amides is 1. The molecule has 4 unspecified atom stereocenters. The predicted molar refractivity (Wildman–Crippen MR) is 105 cm³/mol. The number of pyridine rings is 1. The molecule has 2 aliphatic carbocycles. The second-order valence-electron chi connectivity index (χ2n) is 8.00. The highest BCUT2D eigenvalue weighted by Crippen LogP contribution is 2.34. The van der Waals surface area contributed by atoms with Crippen LogP contribution < -0.4 is 21.9 Å². The average Bonchev–Trinajstić information content (AvgIpc) is 3.35. The van der Waals surface area contributed by atoms with Gasteiger partial charge in [0.2, 0.25) is 5.91 Å². The van der Waals surface area contributed by atoms with Crippen LogP contribution in [0.15, 0.2) is 24.5 Å². The highest BCUT2D eigenvalue weighted by atomic mass is 16.1. The third-order valence-electron chi connectivity index (χ3n) is 6.27. The van der Waals surface area contributed by atoms with Gasteiger partial charge in [-0.25, -0.2) is 15.4 Å².